The van der Waals surface area contributed by atoms with Crippen LogP contribution in [0.15, 0.2) is 140 Å². The summed E-state index contributed by atoms with van der Waals surface area (Å²) in [6, 6.07) is 43.0. The second-order valence-corrected chi connectivity index (χ2v) is 23.2. The Morgan fingerprint density at radius 2 is 1.19 bits per heavy atom. The predicted octanol–water partition coefficient (Wildman–Crippen LogP) is 11.1. The Balaban J connectivity index is 0.971. The molecule has 5 aromatic rings. The highest BCUT2D eigenvalue weighted by Gasteiger charge is 2.52. The molecule has 2 aliphatic carbocycles. The van der Waals surface area contributed by atoms with Gasteiger partial charge in [-0.2, -0.15) is 0 Å². The summed E-state index contributed by atoms with van der Waals surface area (Å²) in [5.74, 6) is -3.41. The van der Waals surface area contributed by atoms with Crippen molar-refractivity contribution >= 4 is 47.3 Å². The number of thioether (sulfide) groups is 1. The minimum Gasteiger partial charge on any atom is -0.467 e. The molecular formula is C65H76N4O8S. The molecule has 2 saturated heterocycles. The van der Waals surface area contributed by atoms with Gasteiger partial charge in [0.1, 0.15) is 24.7 Å². The highest BCUT2D eigenvalue weighted by atomic mass is 32.2. The van der Waals surface area contributed by atoms with Gasteiger partial charge in [0.25, 0.3) is 0 Å². The standard InChI is InChI=1S/C65H76N4O8S/c1-6-42(3)58(57(70)39-45(60(71)67-59(43(4)7-2)63(74)76-5)41-78-65(46-25-11-8-12-26-46,47-27-13-9-14-28-47)48-29-15-10-16-30-48)66-61(72)56-38-44-24-17-22-35-54(44)69(56)62(73)55-36-23-37-68(55)64(75)77-40-53-51-33-20-18-31-49(51)50-32-19-21-34-52(50)53/h8-16,18-21,25-34,42-45,53-56,58-59H,6-7,17,22-24,35-41H2,1-5H3,(H,66,72)(H,67,71)/t42-,43-,44-,45-,54-,55-,56-,58-,59-/m0/s1. The first-order valence-corrected chi connectivity index (χ1v) is 29.3. The molecular weight excluding hydrogens is 997 g/mol. The van der Waals surface area contributed by atoms with Crippen LogP contribution in [0.5, 0.6) is 0 Å². The first-order valence-electron chi connectivity index (χ1n) is 28.4. The number of nitrogens with zero attached hydrogens (tertiary/aromatic N) is 2. The summed E-state index contributed by atoms with van der Waals surface area (Å²) in [4.78, 5) is 91.3. The summed E-state index contributed by atoms with van der Waals surface area (Å²) < 4.78 is 10.5. The number of likely N-dealkylation sites (tertiary alicyclic amines) is 2. The van der Waals surface area contributed by atoms with Crippen molar-refractivity contribution in [1.29, 1.82) is 0 Å². The number of rotatable bonds is 21. The van der Waals surface area contributed by atoms with Gasteiger partial charge < -0.3 is 25.0 Å². The first kappa shape index (κ1) is 56.0. The Morgan fingerprint density at radius 1 is 0.654 bits per heavy atom. The van der Waals surface area contributed by atoms with Crippen molar-refractivity contribution in [2.45, 2.75) is 133 Å². The van der Waals surface area contributed by atoms with Crippen molar-refractivity contribution in [3.8, 4) is 11.1 Å². The van der Waals surface area contributed by atoms with Gasteiger partial charge in [-0.1, -0.05) is 193 Å². The number of amides is 4. The van der Waals surface area contributed by atoms with Crippen molar-refractivity contribution in [1.82, 2.24) is 20.4 Å². The van der Waals surface area contributed by atoms with E-state index >= 15 is 14.4 Å². The number of hydrogen-bond donors (Lipinski definition) is 2. The molecule has 410 valence electrons. The molecule has 5 aromatic carbocycles. The van der Waals surface area contributed by atoms with Gasteiger partial charge in [-0.05, 0) is 88.8 Å². The second kappa shape index (κ2) is 25.4. The number of benzene rings is 5. The van der Waals surface area contributed by atoms with Crippen LogP contribution < -0.4 is 10.6 Å². The minimum atomic E-state index is -0.987. The third-order valence-corrected chi connectivity index (χ3v) is 19.1. The number of ketones is 1. The molecule has 12 nitrogen and oxygen atoms in total. The zero-order chi connectivity index (χ0) is 54.9. The first-order chi connectivity index (χ1) is 37.9. The maximum Gasteiger partial charge on any atom is 0.410 e. The molecule has 1 saturated carbocycles. The molecule has 13 heteroatoms. The summed E-state index contributed by atoms with van der Waals surface area (Å²) in [6.07, 6.45) is 5.45. The van der Waals surface area contributed by atoms with Crippen LogP contribution in [-0.4, -0.2) is 102 Å². The van der Waals surface area contributed by atoms with Crippen molar-refractivity contribution in [2.75, 3.05) is 26.0 Å². The van der Waals surface area contributed by atoms with Crippen LogP contribution in [0.2, 0.25) is 0 Å². The Morgan fingerprint density at radius 3 is 1.76 bits per heavy atom. The molecule has 0 bridgehead atoms. The van der Waals surface area contributed by atoms with Crippen molar-refractivity contribution < 1.29 is 38.2 Å². The van der Waals surface area contributed by atoms with Crippen LogP contribution in [0.1, 0.15) is 126 Å². The van der Waals surface area contributed by atoms with E-state index in [9.17, 15) is 14.4 Å². The van der Waals surface area contributed by atoms with E-state index in [1.54, 1.807) is 21.6 Å². The molecule has 2 N–H and O–H groups in total. The second-order valence-electron chi connectivity index (χ2n) is 22.0. The van der Waals surface area contributed by atoms with E-state index in [0.29, 0.717) is 38.6 Å². The highest BCUT2D eigenvalue weighted by Crippen LogP contribution is 2.50. The molecule has 0 spiro atoms. The van der Waals surface area contributed by atoms with Gasteiger partial charge in [-0.3, -0.25) is 24.1 Å². The molecule has 4 aliphatic rings. The molecule has 0 radical (unpaired) electrons. The quantitative estimate of drug-likeness (QED) is 0.0540. The largest absolute Gasteiger partial charge is 0.467 e. The van der Waals surface area contributed by atoms with Gasteiger partial charge in [0, 0.05) is 30.7 Å². The lowest BCUT2D eigenvalue weighted by Crippen LogP contribution is -2.58. The van der Waals surface area contributed by atoms with Gasteiger partial charge in [-0.25, -0.2) is 9.59 Å². The Kier molecular flexibility index (Phi) is 18.2. The van der Waals surface area contributed by atoms with E-state index in [4.69, 9.17) is 9.47 Å². The number of methoxy groups -OCH3 is 1. The highest BCUT2D eigenvalue weighted by molar-refractivity contribution is 8.00. The SMILES string of the molecule is CC[C@H](C)[C@H](NC(=O)[C@@H]1C[C@@H]2CCCC[C@@H]2N1C(=O)[C@@H]1CCCN1C(=O)OCC1c2ccccc2-c2ccccc21)C(=O)C[C@@H](CSC(c1ccccc1)(c1ccccc1)c1ccccc1)C(=O)N[C@H](C(=O)OC)[C@@H](C)CC. The molecule has 2 aliphatic heterocycles. The third kappa shape index (κ3) is 11.5. The zero-order valence-corrected chi connectivity index (χ0v) is 46.6. The van der Waals surface area contributed by atoms with Gasteiger partial charge in [0.05, 0.1) is 23.8 Å². The molecule has 3 fully saturated rings. The molecule has 9 atom stereocenters. The fourth-order valence-electron chi connectivity index (χ4n) is 12.8. The average Bonchev–Trinajstić information content (AvgIpc) is 4.26. The number of esters is 1. The number of nitrogens with one attached hydrogen (secondary N) is 2. The fraction of sp³-hybridized carbons (Fsp3) is 0.446. The van der Waals surface area contributed by atoms with Crippen LogP contribution in [0.4, 0.5) is 4.79 Å². The molecule has 78 heavy (non-hydrogen) atoms. The average molecular weight is 1070 g/mol. The molecule has 0 unspecified atom stereocenters. The number of carbonyl (C=O) groups is 6. The number of hydrogen-bond acceptors (Lipinski definition) is 9. The molecule has 0 aromatic heterocycles. The summed E-state index contributed by atoms with van der Waals surface area (Å²) in [5.41, 5.74) is 7.44. The van der Waals surface area contributed by atoms with E-state index in [1.165, 1.54) is 7.11 Å². The molecule has 2 heterocycles. The number of Topliss-reactive ketones (excluding diaryl/α,β-unsaturated/α-hetero) is 1. The number of fused-ring (bicyclic) bond motifs is 4. The molecule has 4 amide bonds. The smallest absolute Gasteiger partial charge is 0.410 e. The normalized spacial score (nSPS) is 20.7. The van der Waals surface area contributed by atoms with Crippen molar-refractivity contribution in [3.05, 3.63) is 167 Å². The Hall–Kier alpha value is -6.73. The third-order valence-electron chi connectivity index (χ3n) is 17.4. The zero-order valence-electron chi connectivity index (χ0n) is 45.8. The van der Waals surface area contributed by atoms with E-state index < -0.39 is 58.7 Å². The van der Waals surface area contributed by atoms with Gasteiger partial charge in [0.15, 0.2) is 5.78 Å². The van der Waals surface area contributed by atoms with E-state index in [2.05, 4.69) is 71.3 Å². The minimum absolute atomic E-state index is 0.0954. The van der Waals surface area contributed by atoms with Crippen LogP contribution in [0, 0.1) is 23.7 Å². The van der Waals surface area contributed by atoms with E-state index in [1.807, 2.05) is 107 Å². The lowest BCUT2D eigenvalue weighted by Gasteiger charge is -2.37. The lowest BCUT2D eigenvalue weighted by atomic mass is 9.84. The Labute approximate surface area is 464 Å². The summed E-state index contributed by atoms with van der Waals surface area (Å²) >= 11 is 1.56. The maximum absolute atomic E-state index is 15.3. The fourth-order valence-corrected chi connectivity index (χ4v) is 14.4. The van der Waals surface area contributed by atoms with Crippen molar-refractivity contribution in [2.24, 2.45) is 23.7 Å². The molecule has 9 rings (SSSR count). The van der Waals surface area contributed by atoms with E-state index in [-0.39, 0.29) is 60.2 Å². The number of ether oxygens (including phenoxy) is 2. The van der Waals surface area contributed by atoms with Crippen molar-refractivity contribution in [3.63, 3.8) is 0 Å². The van der Waals surface area contributed by atoms with Crippen LogP contribution in [0.25, 0.3) is 11.1 Å². The lowest BCUT2D eigenvalue weighted by molar-refractivity contribution is -0.147. The van der Waals surface area contributed by atoms with Gasteiger partial charge >= 0.3 is 12.1 Å². The monoisotopic (exact) mass is 1070 g/mol. The van der Waals surface area contributed by atoms with Crippen LogP contribution in [-0.2, 0) is 38.2 Å². The Bertz CT molecular complexity index is 2760. The van der Waals surface area contributed by atoms with Gasteiger partial charge in [0.2, 0.25) is 17.7 Å². The predicted molar refractivity (Wildman–Crippen MR) is 305 cm³/mol. The van der Waals surface area contributed by atoms with Crippen LogP contribution in [0.3, 0.4) is 0 Å². The summed E-state index contributed by atoms with van der Waals surface area (Å²) in [6.45, 7) is 8.22. The van der Waals surface area contributed by atoms with E-state index in [0.717, 1.165) is 64.6 Å². The van der Waals surface area contributed by atoms with Gasteiger partial charge in [-0.15, -0.1) is 11.8 Å². The van der Waals surface area contributed by atoms with Crippen LogP contribution >= 0.6 is 11.8 Å². The number of carbonyl (C=O) groups excluding carboxylic acids is 6. The summed E-state index contributed by atoms with van der Waals surface area (Å²) in [5, 5.41) is 6.20. The summed E-state index contributed by atoms with van der Waals surface area (Å²) in [7, 11) is 1.30. The maximum atomic E-state index is 15.3. The topological polar surface area (TPSA) is 151 Å².